The first kappa shape index (κ1) is 19.1. The van der Waals surface area contributed by atoms with Gasteiger partial charge in [-0.25, -0.2) is 0 Å². The molecule has 5 aromatic rings. The van der Waals surface area contributed by atoms with Crippen LogP contribution in [0.15, 0.2) is 74.3 Å². The van der Waals surface area contributed by atoms with Crippen molar-refractivity contribution in [2.24, 2.45) is 0 Å². The zero-order valence-electron chi connectivity index (χ0n) is 15.4. The molecule has 0 bridgehead atoms. The molecule has 0 aliphatic carbocycles. The Balaban J connectivity index is 1.40. The molecule has 4 heterocycles. The van der Waals surface area contributed by atoms with Gasteiger partial charge in [0.2, 0.25) is 11.7 Å². The molecule has 0 saturated heterocycles. The van der Waals surface area contributed by atoms with Gasteiger partial charge in [-0.05, 0) is 47.8 Å². The third kappa shape index (κ3) is 4.04. The van der Waals surface area contributed by atoms with Crippen molar-refractivity contribution in [3.05, 3.63) is 76.8 Å². The van der Waals surface area contributed by atoms with Crippen molar-refractivity contribution in [3.63, 3.8) is 0 Å². The molecule has 1 aromatic carbocycles. The lowest BCUT2D eigenvalue weighted by Crippen LogP contribution is -2.03. The highest BCUT2D eigenvalue weighted by Crippen LogP contribution is 2.29. The molecule has 0 spiro atoms. The molecular formula is C20H14ClN5O2S2. The smallest absolute Gasteiger partial charge is 0.237 e. The van der Waals surface area contributed by atoms with Crippen LogP contribution in [0.5, 0.6) is 0 Å². The predicted molar refractivity (Wildman–Crippen MR) is 115 cm³/mol. The fraction of sp³-hybridized carbons (Fsp3) is 0.100. The van der Waals surface area contributed by atoms with Gasteiger partial charge in [-0.3, -0.25) is 4.57 Å². The van der Waals surface area contributed by atoms with Crippen LogP contribution in [0.2, 0.25) is 5.02 Å². The lowest BCUT2D eigenvalue weighted by molar-refractivity contribution is 0.391. The van der Waals surface area contributed by atoms with E-state index < -0.39 is 0 Å². The predicted octanol–water partition coefficient (Wildman–Crippen LogP) is 5.64. The highest BCUT2D eigenvalue weighted by Gasteiger charge is 2.18. The van der Waals surface area contributed by atoms with Gasteiger partial charge in [0.15, 0.2) is 11.0 Å². The van der Waals surface area contributed by atoms with E-state index in [0.29, 0.717) is 29.0 Å². The first-order valence-corrected chi connectivity index (χ1v) is 11.2. The second-order valence-corrected chi connectivity index (χ2v) is 8.58. The van der Waals surface area contributed by atoms with Gasteiger partial charge in [-0.2, -0.15) is 4.98 Å². The molecule has 0 N–H and O–H groups in total. The fourth-order valence-electron chi connectivity index (χ4n) is 2.85. The second kappa shape index (κ2) is 8.47. The quantitative estimate of drug-likeness (QED) is 0.293. The van der Waals surface area contributed by atoms with E-state index in [1.54, 1.807) is 17.6 Å². The molecule has 0 aliphatic rings. The van der Waals surface area contributed by atoms with Gasteiger partial charge < -0.3 is 8.94 Å². The third-order valence-electron chi connectivity index (χ3n) is 4.25. The van der Waals surface area contributed by atoms with Crippen LogP contribution in [0.1, 0.15) is 11.7 Å². The van der Waals surface area contributed by atoms with Gasteiger partial charge in [0, 0.05) is 10.6 Å². The van der Waals surface area contributed by atoms with Crippen molar-refractivity contribution < 1.29 is 8.94 Å². The van der Waals surface area contributed by atoms with Crippen LogP contribution < -0.4 is 0 Å². The molecule has 0 atom stereocenters. The van der Waals surface area contributed by atoms with E-state index >= 15 is 0 Å². The highest BCUT2D eigenvalue weighted by atomic mass is 35.5. The molecule has 30 heavy (non-hydrogen) atoms. The zero-order valence-corrected chi connectivity index (χ0v) is 17.8. The topological polar surface area (TPSA) is 82.8 Å². The third-order valence-corrected chi connectivity index (χ3v) is 6.32. The Morgan fingerprint density at radius 2 is 1.97 bits per heavy atom. The second-order valence-electron chi connectivity index (χ2n) is 6.26. The minimum absolute atomic E-state index is 0.481. The molecule has 7 nitrogen and oxygen atoms in total. The van der Waals surface area contributed by atoms with E-state index in [9.17, 15) is 0 Å². The Hall–Kier alpha value is -2.88. The molecule has 0 fully saturated rings. The Bertz CT molecular complexity index is 1230. The lowest BCUT2D eigenvalue weighted by atomic mass is 10.2. The van der Waals surface area contributed by atoms with Crippen molar-refractivity contribution in [2.75, 3.05) is 0 Å². The monoisotopic (exact) mass is 455 g/mol. The highest BCUT2D eigenvalue weighted by molar-refractivity contribution is 7.98. The Morgan fingerprint density at radius 1 is 1.07 bits per heavy atom. The number of rotatable bonds is 7. The van der Waals surface area contributed by atoms with Crippen LogP contribution in [0.4, 0.5) is 0 Å². The maximum atomic E-state index is 6.03. The average Bonchev–Trinajstić information content (AvgIpc) is 3.55. The number of hydrogen-bond donors (Lipinski definition) is 0. The van der Waals surface area contributed by atoms with Gasteiger partial charge in [-0.1, -0.05) is 34.6 Å². The molecular weight excluding hydrogens is 442 g/mol. The average molecular weight is 456 g/mol. The number of thiophene rings is 1. The Morgan fingerprint density at radius 3 is 2.73 bits per heavy atom. The van der Waals surface area contributed by atoms with Crippen molar-refractivity contribution in [1.29, 1.82) is 0 Å². The summed E-state index contributed by atoms with van der Waals surface area (Å²) >= 11 is 9.08. The number of benzene rings is 1. The van der Waals surface area contributed by atoms with Crippen LogP contribution in [0.3, 0.4) is 0 Å². The van der Waals surface area contributed by atoms with Crippen molar-refractivity contribution in [2.45, 2.75) is 17.5 Å². The molecule has 5 rings (SSSR count). The largest absolute Gasteiger partial charge is 0.467 e. The molecule has 4 aromatic heterocycles. The van der Waals surface area contributed by atoms with E-state index in [2.05, 4.69) is 20.3 Å². The summed E-state index contributed by atoms with van der Waals surface area (Å²) in [6, 6.07) is 15.2. The van der Waals surface area contributed by atoms with Crippen molar-refractivity contribution >= 4 is 34.7 Å². The van der Waals surface area contributed by atoms with Gasteiger partial charge in [0.25, 0.3) is 0 Å². The Labute approximate surface area is 184 Å². The molecule has 0 aliphatic heterocycles. The standard InChI is InChI=1S/C20H14ClN5O2S2/c21-14-7-5-13(6-8-14)19-23-24-20(26(19)11-15-3-1-9-27-15)30-12-17-22-18(25-28-17)16-4-2-10-29-16/h1-10H,11-12H2. The number of aromatic nitrogens is 5. The van der Waals surface area contributed by atoms with Gasteiger partial charge in [0.05, 0.1) is 23.4 Å². The molecule has 0 amide bonds. The number of furan rings is 1. The van der Waals surface area contributed by atoms with Gasteiger partial charge >= 0.3 is 0 Å². The first-order valence-electron chi connectivity index (χ1n) is 8.97. The molecule has 150 valence electrons. The van der Waals surface area contributed by atoms with E-state index in [0.717, 1.165) is 27.2 Å². The zero-order chi connectivity index (χ0) is 20.3. The fourth-order valence-corrected chi connectivity index (χ4v) is 4.40. The summed E-state index contributed by atoms with van der Waals surface area (Å²) in [5, 5.41) is 16.2. The molecule has 10 heteroatoms. The summed E-state index contributed by atoms with van der Waals surface area (Å²) in [6.07, 6.45) is 1.65. The maximum Gasteiger partial charge on any atom is 0.237 e. The van der Waals surface area contributed by atoms with Crippen molar-refractivity contribution in [3.8, 4) is 22.1 Å². The van der Waals surface area contributed by atoms with E-state index in [1.807, 2.05) is 58.5 Å². The number of thioether (sulfide) groups is 1. The minimum atomic E-state index is 0.481. The van der Waals surface area contributed by atoms with Crippen LogP contribution >= 0.6 is 34.7 Å². The molecule has 0 saturated carbocycles. The lowest BCUT2D eigenvalue weighted by Gasteiger charge is -2.08. The van der Waals surface area contributed by atoms with Gasteiger partial charge in [0.1, 0.15) is 5.76 Å². The Kier molecular flexibility index (Phi) is 5.39. The minimum Gasteiger partial charge on any atom is -0.467 e. The molecule has 0 unspecified atom stereocenters. The normalized spacial score (nSPS) is 11.2. The maximum absolute atomic E-state index is 6.03. The van der Waals surface area contributed by atoms with E-state index in [1.165, 1.54) is 11.8 Å². The van der Waals surface area contributed by atoms with Crippen LogP contribution in [-0.2, 0) is 12.3 Å². The SMILES string of the molecule is Clc1ccc(-c2nnc(SCc3nc(-c4cccs4)no3)n2Cc2ccco2)cc1. The van der Waals surface area contributed by atoms with Crippen LogP contribution in [0.25, 0.3) is 22.1 Å². The van der Waals surface area contributed by atoms with Crippen LogP contribution in [-0.4, -0.2) is 24.9 Å². The molecule has 0 radical (unpaired) electrons. The summed E-state index contributed by atoms with van der Waals surface area (Å²) in [6.45, 7) is 0.505. The van der Waals surface area contributed by atoms with Gasteiger partial charge in [-0.15, -0.1) is 21.5 Å². The van der Waals surface area contributed by atoms with E-state index in [4.69, 9.17) is 20.5 Å². The van der Waals surface area contributed by atoms with Crippen molar-refractivity contribution in [1.82, 2.24) is 24.9 Å². The first-order chi connectivity index (χ1) is 14.8. The number of hydrogen-bond acceptors (Lipinski definition) is 8. The number of nitrogens with zero attached hydrogens (tertiary/aromatic N) is 5. The van der Waals surface area contributed by atoms with E-state index in [-0.39, 0.29) is 0 Å². The number of halogens is 1. The summed E-state index contributed by atoms with van der Waals surface area (Å²) in [4.78, 5) is 5.44. The summed E-state index contributed by atoms with van der Waals surface area (Å²) in [5.74, 6) is 3.15. The summed E-state index contributed by atoms with van der Waals surface area (Å²) in [7, 11) is 0. The summed E-state index contributed by atoms with van der Waals surface area (Å²) < 4.78 is 12.9. The van der Waals surface area contributed by atoms with Crippen LogP contribution in [0, 0.1) is 0 Å². The summed E-state index contributed by atoms with van der Waals surface area (Å²) in [5.41, 5.74) is 0.920.